The summed E-state index contributed by atoms with van der Waals surface area (Å²) in [5, 5.41) is 20.9. The fraction of sp³-hybridized carbons (Fsp3) is 0.333. The highest BCUT2D eigenvalue weighted by Crippen LogP contribution is 2.02. The van der Waals surface area contributed by atoms with Crippen LogP contribution in [0.3, 0.4) is 0 Å². The van der Waals surface area contributed by atoms with Gasteiger partial charge < -0.3 is 5.32 Å². The van der Waals surface area contributed by atoms with E-state index < -0.39 is 0 Å². The molecule has 0 radical (unpaired) electrons. The average molecular weight is 153 g/mol. The summed E-state index contributed by atoms with van der Waals surface area (Å²) in [5.41, 5.74) is 0.153. The van der Waals surface area contributed by atoms with Crippen molar-refractivity contribution in [1.29, 1.82) is 10.5 Å². The Morgan fingerprint density at radius 2 is 2.20 bits per heavy atom. The number of nitrogens with one attached hydrogen (secondary N) is 1. The van der Waals surface area contributed by atoms with E-state index in [-0.39, 0.29) is 5.57 Å². The van der Waals surface area contributed by atoms with Gasteiger partial charge in [0.1, 0.15) is 17.7 Å². The van der Waals surface area contributed by atoms with Crippen molar-refractivity contribution in [2.24, 2.45) is 0 Å². The molecule has 0 fully saturated rings. The number of allylic oxidation sites excluding steroid dienone is 1. The molecule has 1 N–H and O–H groups in total. The molecule has 0 aliphatic carbocycles. The normalized spacial score (nSPS) is 7.50. The Hall–Kier alpha value is -0.970. The van der Waals surface area contributed by atoms with Gasteiger partial charge in [-0.1, -0.05) is 0 Å². The van der Waals surface area contributed by atoms with Gasteiger partial charge in [0.2, 0.25) is 0 Å². The van der Waals surface area contributed by atoms with E-state index in [1.165, 1.54) is 17.2 Å². The van der Waals surface area contributed by atoms with Crippen LogP contribution in [0.4, 0.5) is 0 Å². The fourth-order valence-electron chi connectivity index (χ4n) is 0.286. The lowest BCUT2D eigenvalue weighted by Crippen LogP contribution is -2.01. The molecule has 0 saturated heterocycles. The van der Waals surface area contributed by atoms with Crippen molar-refractivity contribution in [3.05, 3.63) is 11.0 Å². The second-order valence-electron chi connectivity index (χ2n) is 1.42. The number of hydrogen-bond donors (Lipinski definition) is 1. The summed E-state index contributed by atoms with van der Waals surface area (Å²) in [6.45, 7) is 0. The molecule has 0 unspecified atom stereocenters. The van der Waals surface area contributed by atoms with Crippen molar-refractivity contribution in [1.82, 2.24) is 5.32 Å². The van der Waals surface area contributed by atoms with Gasteiger partial charge in [-0.2, -0.15) is 10.5 Å². The van der Waals surface area contributed by atoms with Gasteiger partial charge in [0, 0.05) is 11.3 Å². The zero-order valence-electron chi connectivity index (χ0n) is 5.59. The Morgan fingerprint density at radius 3 is 2.60 bits per heavy atom. The van der Waals surface area contributed by atoms with Gasteiger partial charge in [-0.3, -0.25) is 0 Å². The van der Waals surface area contributed by atoms with Crippen molar-refractivity contribution >= 4 is 11.8 Å². The largest absolute Gasteiger partial charge is 0.311 e. The van der Waals surface area contributed by atoms with E-state index in [9.17, 15) is 0 Å². The van der Waals surface area contributed by atoms with Gasteiger partial charge in [-0.15, -0.1) is 11.8 Å². The summed E-state index contributed by atoms with van der Waals surface area (Å²) < 4.78 is 0. The topological polar surface area (TPSA) is 59.6 Å². The number of rotatable bonds is 3. The van der Waals surface area contributed by atoms with Crippen LogP contribution in [0.5, 0.6) is 0 Å². The summed E-state index contributed by atoms with van der Waals surface area (Å²) in [7, 11) is 1.80. The lowest BCUT2D eigenvalue weighted by atomic mass is 10.4. The quantitative estimate of drug-likeness (QED) is 0.370. The average Bonchev–Trinajstić information content (AvgIpc) is 1.99. The maximum Gasteiger partial charge on any atom is 0.135 e. The zero-order valence-corrected chi connectivity index (χ0v) is 6.40. The Kier molecular flexibility index (Phi) is 5.56. The first kappa shape index (κ1) is 9.03. The molecule has 10 heavy (non-hydrogen) atoms. The van der Waals surface area contributed by atoms with Crippen LogP contribution in [0.1, 0.15) is 0 Å². The molecule has 0 aromatic carbocycles. The smallest absolute Gasteiger partial charge is 0.135 e. The number of hydrogen-bond acceptors (Lipinski definition) is 4. The third-order valence-electron chi connectivity index (χ3n) is 0.670. The van der Waals surface area contributed by atoms with Crippen LogP contribution in [0, 0.1) is 22.7 Å². The minimum atomic E-state index is 0.153. The highest BCUT2D eigenvalue weighted by Gasteiger charge is 1.88. The fourth-order valence-corrected chi connectivity index (χ4v) is 0.808. The molecule has 0 saturated carbocycles. The van der Waals surface area contributed by atoms with E-state index in [1.54, 1.807) is 19.2 Å². The molecule has 0 atom stereocenters. The van der Waals surface area contributed by atoms with Crippen LogP contribution in [0.2, 0.25) is 0 Å². The zero-order chi connectivity index (χ0) is 7.82. The Balaban J connectivity index is 3.71. The van der Waals surface area contributed by atoms with Crippen molar-refractivity contribution in [3.63, 3.8) is 0 Å². The Bertz CT molecular complexity index is 180. The molecule has 0 heterocycles. The van der Waals surface area contributed by atoms with Crippen LogP contribution >= 0.6 is 11.8 Å². The Morgan fingerprint density at radius 1 is 1.60 bits per heavy atom. The van der Waals surface area contributed by atoms with E-state index in [2.05, 4.69) is 5.32 Å². The molecule has 4 heteroatoms. The standard InChI is InChI=1S/C6H7N3S/c1-9-5-10-4-6(2-7)3-8/h4,9H,5H2,1H3. The van der Waals surface area contributed by atoms with Crippen LogP contribution < -0.4 is 5.32 Å². The molecule has 0 aromatic heterocycles. The molecular weight excluding hydrogens is 146 g/mol. The molecule has 0 aliphatic heterocycles. The van der Waals surface area contributed by atoms with E-state index in [0.717, 1.165) is 0 Å². The van der Waals surface area contributed by atoms with Crippen molar-refractivity contribution < 1.29 is 0 Å². The lowest BCUT2D eigenvalue weighted by Gasteiger charge is -1.89. The first-order chi connectivity index (χ1) is 4.85. The van der Waals surface area contributed by atoms with Crippen LogP contribution in [-0.4, -0.2) is 12.9 Å². The Labute approximate surface area is 64.3 Å². The summed E-state index contributed by atoms with van der Waals surface area (Å²) in [5.74, 6) is 0.715. The molecule has 0 bridgehead atoms. The van der Waals surface area contributed by atoms with E-state index >= 15 is 0 Å². The highest BCUT2D eigenvalue weighted by molar-refractivity contribution is 8.02. The van der Waals surface area contributed by atoms with Gasteiger partial charge >= 0.3 is 0 Å². The predicted molar refractivity (Wildman–Crippen MR) is 40.8 cm³/mol. The first-order valence-corrected chi connectivity index (χ1v) is 3.66. The van der Waals surface area contributed by atoms with Gasteiger partial charge in [0.15, 0.2) is 0 Å². The highest BCUT2D eigenvalue weighted by atomic mass is 32.2. The van der Waals surface area contributed by atoms with Crippen molar-refractivity contribution in [3.8, 4) is 12.1 Å². The summed E-state index contributed by atoms with van der Waals surface area (Å²) >= 11 is 1.39. The predicted octanol–water partition coefficient (Wildman–Crippen LogP) is 0.828. The van der Waals surface area contributed by atoms with Gasteiger partial charge in [-0.05, 0) is 7.05 Å². The van der Waals surface area contributed by atoms with Crippen molar-refractivity contribution in [2.75, 3.05) is 12.9 Å². The van der Waals surface area contributed by atoms with Crippen LogP contribution in [0.25, 0.3) is 0 Å². The maximum absolute atomic E-state index is 8.25. The number of thioether (sulfide) groups is 1. The minimum absolute atomic E-state index is 0.153. The minimum Gasteiger partial charge on any atom is -0.311 e. The molecule has 0 aliphatic rings. The van der Waals surface area contributed by atoms with Crippen LogP contribution in [-0.2, 0) is 0 Å². The second kappa shape index (κ2) is 6.15. The third-order valence-corrected chi connectivity index (χ3v) is 1.53. The SMILES string of the molecule is CNCSC=C(C#N)C#N. The molecule has 3 nitrogen and oxygen atoms in total. The monoisotopic (exact) mass is 153 g/mol. The molecule has 0 amide bonds. The molecule has 0 rings (SSSR count). The van der Waals surface area contributed by atoms with E-state index in [4.69, 9.17) is 10.5 Å². The molecule has 0 aromatic rings. The number of nitriles is 2. The summed E-state index contributed by atoms with van der Waals surface area (Å²) in [6.07, 6.45) is 0. The van der Waals surface area contributed by atoms with E-state index in [0.29, 0.717) is 5.88 Å². The van der Waals surface area contributed by atoms with Gasteiger partial charge in [-0.25, -0.2) is 0 Å². The van der Waals surface area contributed by atoms with Crippen molar-refractivity contribution in [2.45, 2.75) is 0 Å². The molecular formula is C6H7N3S. The van der Waals surface area contributed by atoms with Crippen LogP contribution in [0.15, 0.2) is 11.0 Å². The van der Waals surface area contributed by atoms with Gasteiger partial charge in [0.25, 0.3) is 0 Å². The summed E-state index contributed by atoms with van der Waals surface area (Å²) in [6, 6.07) is 3.52. The first-order valence-electron chi connectivity index (χ1n) is 2.61. The second-order valence-corrected chi connectivity index (χ2v) is 2.28. The maximum atomic E-state index is 8.25. The van der Waals surface area contributed by atoms with Gasteiger partial charge in [0.05, 0.1) is 0 Å². The number of nitrogens with zero attached hydrogens (tertiary/aromatic N) is 2. The molecule has 0 spiro atoms. The third kappa shape index (κ3) is 3.96. The molecule has 52 valence electrons. The lowest BCUT2D eigenvalue weighted by molar-refractivity contribution is 0.985. The van der Waals surface area contributed by atoms with E-state index in [1.807, 2.05) is 0 Å². The summed E-state index contributed by atoms with van der Waals surface area (Å²) in [4.78, 5) is 0.